The summed E-state index contributed by atoms with van der Waals surface area (Å²) >= 11 is 11.9. The Labute approximate surface area is 216 Å². The zero-order valence-electron chi connectivity index (χ0n) is 21.4. The SMILES string of the molecule is C=C.CC.CC.CN(CCCCc1nc2cc(Cl)c(Cl)cc2[nH]1)S(C)(=O)=O.O[C@@H]1CCC[C@@H]1O. The summed E-state index contributed by atoms with van der Waals surface area (Å²) < 4.78 is 23.9. The van der Waals surface area contributed by atoms with Crippen LogP contribution in [0.15, 0.2) is 25.3 Å². The van der Waals surface area contributed by atoms with E-state index in [1.807, 2.05) is 27.7 Å². The van der Waals surface area contributed by atoms with Crippen LogP contribution in [0.5, 0.6) is 0 Å². The fourth-order valence-electron chi connectivity index (χ4n) is 2.89. The third kappa shape index (κ3) is 13.1. The van der Waals surface area contributed by atoms with Gasteiger partial charge in [0.1, 0.15) is 5.82 Å². The van der Waals surface area contributed by atoms with E-state index in [2.05, 4.69) is 23.1 Å². The predicted molar refractivity (Wildman–Crippen MR) is 146 cm³/mol. The van der Waals surface area contributed by atoms with Crippen LogP contribution in [0.3, 0.4) is 0 Å². The lowest BCUT2D eigenvalue weighted by Crippen LogP contribution is -2.26. The molecule has 34 heavy (non-hydrogen) atoms. The van der Waals surface area contributed by atoms with E-state index >= 15 is 0 Å². The fraction of sp³-hybridized carbons (Fsp3) is 0.625. The predicted octanol–water partition coefficient (Wildman–Crippen LogP) is 5.83. The van der Waals surface area contributed by atoms with Crippen LogP contribution in [-0.2, 0) is 16.4 Å². The van der Waals surface area contributed by atoms with Crippen molar-refractivity contribution in [3.8, 4) is 0 Å². The molecule has 0 bridgehead atoms. The number of sulfonamides is 1. The molecular weight excluding hydrogens is 497 g/mol. The van der Waals surface area contributed by atoms with Gasteiger partial charge in [-0.15, -0.1) is 13.2 Å². The second-order valence-corrected chi connectivity index (χ2v) is 9.98. The Morgan fingerprint density at radius 1 is 1.06 bits per heavy atom. The summed E-state index contributed by atoms with van der Waals surface area (Å²) in [6.45, 7) is 14.5. The minimum atomic E-state index is -3.10. The van der Waals surface area contributed by atoms with Crippen LogP contribution < -0.4 is 0 Å². The van der Waals surface area contributed by atoms with Crippen molar-refractivity contribution >= 4 is 44.3 Å². The van der Waals surface area contributed by atoms with Crippen molar-refractivity contribution in [3.63, 3.8) is 0 Å². The number of aliphatic hydroxyl groups excluding tert-OH is 2. The summed E-state index contributed by atoms with van der Waals surface area (Å²) in [4.78, 5) is 7.65. The van der Waals surface area contributed by atoms with Gasteiger partial charge in [0.05, 0.1) is 39.5 Å². The molecule has 0 saturated heterocycles. The van der Waals surface area contributed by atoms with Gasteiger partial charge in [-0.3, -0.25) is 0 Å². The van der Waals surface area contributed by atoms with Crippen molar-refractivity contribution in [1.82, 2.24) is 14.3 Å². The number of nitrogens with zero attached hydrogens (tertiary/aromatic N) is 2. The Morgan fingerprint density at radius 3 is 2.00 bits per heavy atom. The van der Waals surface area contributed by atoms with E-state index in [0.29, 0.717) is 16.6 Å². The zero-order chi connectivity index (χ0) is 26.9. The summed E-state index contributed by atoms with van der Waals surface area (Å²) in [7, 11) is -1.51. The van der Waals surface area contributed by atoms with Gasteiger partial charge in [0.2, 0.25) is 10.0 Å². The van der Waals surface area contributed by atoms with Crippen LogP contribution in [0.2, 0.25) is 10.0 Å². The molecule has 3 rings (SSSR count). The quantitative estimate of drug-likeness (QED) is 0.316. The van der Waals surface area contributed by atoms with Crippen LogP contribution >= 0.6 is 23.2 Å². The number of aliphatic hydroxyl groups is 2. The number of halogens is 2. The molecule has 2 atom stereocenters. The highest BCUT2D eigenvalue weighted by Crippen LogP contribution is 2.26. The lowest BCUT2D eigenvalue weighted by Gasteiger charge is -2.12. The van der Waals surface area contributed by atoms with Gasteiger partial charge < -0.3 is 15.2 Å². The van der Waals surface area contributed by atoms with Crippen molar-refractivity contribution in [2.75, 3.05) is 19.8 Å². The van der Waals surface area contributed by atoms with Gasteiger partial charge in [-0.1, -0.05) is 50.9 Å². The zero-order valence-corrected chi connectivity index (χ0v) is 23.8. The first-order chi connectivity index (χ1) is 16.1. The van der Waals surface area contributed by atoms with Crippen LogP contribution in [0, 0.1) is 0 Å². The van der Waals surface area contributed by atoms with Crippen LogP contribution in [0.1, 0.15) is 65.6 Å². The van der Waals surface area contributed by atoms with Crippen molar-refractivity contribution in [1.29, 1.82) is 0 Å². The monoisotopic (exact) mass is 539 g/mol. The Kier molecular flexibility index (Phi) is 19.6. The highest BCUT2D eigenvalue weighted by Gasteiger charge is 2.21. The third-order valence-electron chi connectivity index (χ3n) is 4.72. The average Bonchev–Trinajstić information content (AvgIpc) is 3.39. The van der Waals surface area contributed by atoms with Crippen LogP contribution in [0.25, 0.3) is 11.0 Å². The van der Waals surface area contributed by atoms with Crippen molar-refractivity contribution in [2.45, 2.75) is 78.4 Å². The topological polar surface area (TPSA) is 107 Å². The van der Waals surface area contributed by atoms with Gasteiger partial charge in [0.25, 0.3) is 0 Å². The molecule has 0 radical (unpaired) electrons. The van der Waals surface area contributed by atoms with Crippen molar-refractivity contribution < 1.29 is 18.6 Å². The number of aromatic amines is 1. The highest BCUT2D eigenvalue weighted by atomic mass is 35.5. The maximum Gasteiger partial charge on any atom is 0.210 e. The van der Waals surface area contributed by atoms with E-state index < -0.39 is 22.2 Å². The Balaban J connectivity index is 0. The van der Waals surface area contributed by atoms with Gasteiger partial charge in [-0.2, -0.15) is 0 Å². The van der Waals surface area contributed by atoms with Gasteiger partial charge >= 0.3 is 0 Å². The highest BCUT2D eigenvalue weighted by molar-refractivity contribution is 7.88. The Morgan fingerprint density at radius 2 is 1.56 bits per heavy atom. The number of nitrogens with one attached hydrogen (secondary N) is 1. The maximum absolute atomic E-state index is 11.3. The Hall–Kier alpha value is -1.16. The number of benzene rings is 1. The average molecular weight is 541 g/mol. The first-order valence-electron chi connectivity index (χ1n) is 11.7. The van der Waals surface area contributed by atoms with E-state index in [1.54, 1.807) is 19.2 Å². The summed E-state index contributed by atoms with van der Waals surface area (Å²) in [6, 6.07) is 3.49. The van der Waals surface area contributed by atoms with Gasteiger partial charge in [-0.05, 0) is 44.2 Å². The molecule has 0 amide bonds. The molecule has 0 aliphatic heterocycles. The molecule has 1 saturated carbocycles. The first-order valence-corrected chi connectivity index (χ1v) is 14.3. The smallest absolute Gasteiger partial charge is 0.210 e. The van der Waals surface area contributed by atoms with Crippen molar-refractivity contribution in [3.05, 3.63) is 41.2 Å². The summed E-state index contributed by atoms with van der Waals surface area (Å²) in [5, 5.41) is 18.5. The number of unbranched alkanes of at least 4 members (excludes halogenated alkanes) is 1. The molecule has 1 fully saturated rings. The minimum absolute atomic E-state index is 0.431. The standard InChI is InChI=1S/C13H17Cl2N3O2S.C5H10O2.2C2H6.C2H4/c1-18(21(2,19)20)6-4-3-5-13-16-11-7-9(14)10(15)8-12(11)17-13;6-4-2-1-3-5(4)7;3*1-2/h7-8H,3-6H2,1-2H3,(H,16,17);4-7H,1-3H2;2*1-2H3;1-2H2/t;4-,5+;;;. The number of imidazole rings is 1. The summed E-state index contributed by atoms with van der Waals surface area (Å²) in [5.74, 6) is 0.852. The normalized spacial score (nSPS) is 16.8. The van der Waals surface area contributed by atoms with Crippen LogP contribution in [-0.4, -0.2) is 65.0 Å². The van der Waals surface area contributed by atoms with E-state index in [4.69, 9.17) is 33.4 Å². The lowest BCUT2D eigenvalue weighted by atomic mass is 10.2. The second kappa shape index (κ2) is 19.1. The molecule has 7 nitrogen and oxygen atoms in total. The number of fused-ring (bicyclic) bond motifs is 1. The molecular formula is C24H43Cl2N3O4S. The number of aryl methyl sites for hydroxylation is 1. The molecule has 1 aliphatic rings. The number of hydrogen-bond donors (Lipinski definition) is 3. The molecule has 1 heterocycles. The number of aromatic nitrogens is 2. The molecule has 0 unspecified atom stereocenters. The molecule has 2 aromatic rings. The molecule has 1 aliphatic carbocycles. The third-order valence-corrected chi connectivity index (χ3v) is 6.76. The van der Waals surface area contributed by atoms with E-state index in [0.717, 1.165) is 55.4 Å². The molecule has 198 valence electrons. The largest absolute Gasteiger partial charge is 0.390 e. The number of hydrogen-bond acceptors (Lipinski definition) is 5. The molecule has 10 heteroatoms. The van der Waals surface area contributed by atoms with E-state index in [-0.39, 0.29) is 0 Å². The molecule has 1 aromatic heterocycles. The number of rotatable bonds is 6. The molecule has 3 N–H and O–H groups in total. The van der Waals surface area contributed by atoms with E-state index in [9.17, 15) is 8.42 Å². The minimum Gasteiger partial charge on any atom is -0.390 e. The van der Waals surface area contributed by atoms with Gasteiger partial charge in [0, 0.05) is 20.0 Å². The second-order valence-electron chi connectivity index (χ2n) is 7.07. The van der Waals surface area contributed by atoms with Crippen LogP contribution in [0.4, 0.5) is 0 Å². The van der Waals surface area contributed by atoms with E-state index in [1.165, 1.54) is 10.6 Å². The maximum atomic E-state index is 11.3. The number of H-pyrrole nitrogens is 1. The summed E-state index contributed by atoms with van der Waals surface area (Å²) in [5.41, 5.74) is 1.64. The summed E-state index contributed by atoms with van der Waals surface area (Å²) in [6.07, 6.45) is 5.26. The molecule has 1 aromatic carbocycles. The lowest BCUT2D eigenvalue weighted by molar-refractivity contribution is 0.0438. The van der Waals surface area contributed by atoms with Crippen molar-refractivity contribution in [2.24, 2.45) is 0 Å². The Bertz CT molecular complexity index is 860. The van der Waals surface area contributed by atoms with Gasteiger partial charge in [-0.25, -0.2) is 17.7 Å². The van der Waals surface area contributed by atoms with Gasteiger partial charge in [0.15, 0.2) is 0 Å². The first kappa shape index (κ1) is 35.0. The molecule has 0 spiro atoms. The fourth-order valence-corrected chi connectivity index (χ4v) is 3.67.